The van der Waals surface area contributed by atoms with Crippen molar-refractivity contribution in [2.75, 3.05) is 6.54 Å². The van der Waals surface area contributed by atoms with Gasteiger partial charge in [-0.2, -0.15) is 0 Å². The van der Waals surface area contributed by atoms with E-state index >= 15 is 0 Å². The molecule has 0 spiro atoms. The van der Waals surface area contributed by atoms with E-state index in [4.69, 9.17) is 14.8 Å². The highest BCUT2D eigenvalue weighted by atomic mass is 31.2. The molecular formula is C48H67N4O7P. The minimum atomic E-state index is -3.53. The fraction of sp³-hybridized carbons (Fsp3) is 0.500. The monoisotopic (exact) mass is 842 g/mol. The van der Waals surface area contributed by atoms with Crippen LogP contribution in [0.25, 0.3) is 10.8 Å². The Bertz CT molecular complexity index is 1990. The molecule has 12 heteroatoms. The zero-order chi connectivity index (χ0) is 44.1. The molecule has 3 aromatic carbocycles. The molecule has 1 aliphatic rings. The first-order valence-electron chi connectivity index (χ1n) is 21.2. The standard InChI is InChI=1S/C48H67N4O7P/c1-9-17-35(29-39-21-16-20-37-19-12-13-22-40(37)39)32-50-44(55)41(31-42(49)53)51-45(56)48(27-14-11-15-28-48)52-43(54)30-38(18-10-2)36-25-23-34(24-26-36)33-60(57,58-46(3,4)5)59-47(6,7)8/h9-10,12-13,16,19-26,35,38,41H,1-2,11,14-15,17-18,27-33H2,3-8H3,(H2,49,53)(H,50,55)(H,51,56)(H,52,54)/t35-,38-,41-/m0/s1. The van der Waals surface area contributed by atoms with Crippen LogP contribution in [-0.2, 0) is 45.4 Å². The largest absolute Gasteiger partial charge is 0.370 e. The molecule has 5 N–H and O–H groups in total. The number of hydrogen-bond acceptors (Lipinski definition) is 7. The van der Waals surface area contributed by atoms with Gasteiger partial charge < -0.3 is 30.7 Å². The molecule has 1 aliphatic carbocycles. The van der Waals surface area contributed by atoms with Gasteiger partial charge in [-0.3, -0.25) is 23.7 Å². The van der Waals surface area contributed by atoms with Crippen molar-refractivity contribution in [2.45, 2.75) is 141 Å². The van der Waals surface area contributed by atoms with Crippen LogP contribution >= 0.6 is 7.60 Å². The predicted octanol–water partition coefficient (Wildman–Crippen LogP) is 8.94. The van der Waals surface area contributed by atoms with Gasteiger partial charge in [0.1, 0.15) is 11.6 Å². The van der Waals surface area contributed by atoms with Gasteiger partial charge in [-0.25, -0.2) is 0 Å². The Morgan fingerprint density at radius 2 is 1.45 bits per heavy atom. The van der Waals surface area contributed by atoms with Gasteiger partial charge in [0, 0.05) is 13.0 Å². The minimum absolute atomic E-state index is 0.0116. The van der Waals surface area contributed by atoms with E-state index in [1.54, 1.807) is 6.08 Å². The molecule has 4 amide bonds. The van der Waals surface area contributed by atoms with Crippen LogP contribution in [0.1, 0.15) is 122 Å². The third kappa shape index (κ3) is 14.9. The quantitative estimate of drug-likeness (QED) is 0.0614. The smallest absolute Gasteiger partial charge is 0.336 e. The first kappa shape index (κ1) is 48.1. The summed E-state index contributed by atoms with van der Waals surface area (Å²) in [5.41, 5.74) is 5.77. The molecule has 0 aromatic heterocycles. The van der Waals surface area contributed by atoms with E-state index in [0.29, 0.717) is 51.5 Å². The van der Waals surface area contributed by atoms with Crippen molar-refractivity contribution in [1.82, 2.24) is 16.0 Å². The van der Waals surface area contributed by atoms with Crippen LogP contribution < -0.4 is 21.7 Å². The maximum atomic E-state index is 14.2. The zero-order valence-electron chi connectivity index (χ0n) is 36.5. The van der Waals surface area contributed by atoms with Crippen LogP contribution in [0.2, 0.25) is 0 Å². The number of rotatable bonds is 21. The van der Waals surface area contributed by atoms with E-state index in [1.165, 1.54) is 0 Å². The van der Waals surface area contributed by atoms with Gasteiger partial charge in [-0.15, -0.1) is 13.2 Å². The minimum Gasteiger partial charge on any atom is -0.370 e. The van der Waals surface area contributed by atoms with Gasteiger partial charge in [0.15, 0.2) is 0 Å². The maximum absolute atomic E-state index is 14.2. The van der Waals surface area contributed by atoms with Crippen molar-refractivity contribution in [2.24, 2.45) is 11.7 Å². The summed E-state index contributed by atoms with van der Waals surface area (Å²) < 4.78 is 25.9. The summed E-state index contributed by atoms with van der Waals surface area (Å²) in [6.45, 7) is 19.2. The van der Waals surface area contributed by atoms with Crippen molar-refractivity contribution in [3.05, 3.63) is 109 Å². The zero-order valence-corrected chi connectivity index (χ0v) is 37.4. The number of allylic oxidation sites excluding steroid dienone is 2. The van der Waals surface area contributed by atoms with Gasteiger partial charge in [0.25, 0.3) is 0 Å². The average Bonchev–Trinajstić information content (AvgIpc) is 3.15. The van der Waals surface area contributed by atoms with E-state index in [2.05, 4.69) is 53.4 Å². The molecule has 0 radical (unpaired) electrons. The summed E-state index contributed by atoms with van der Waals surface area (Å²) in [6.07, 6.45) is 8.25. The average molecular weight is 843 g/mol. The highest BCUT2D eigenvalue weighted by molar-refractivity contribution is 7.53. The summed E-state index contributed by atoms with van der Waals surface area (Å²) in [4.78, 5) is 54.1. The third-order valence-corrected chi connectivity index (χ3v) is 12.9. The van der Waals surface area contributed by atoms with E-state index in [-0.39, 0.29) is 30.3 Å². The van der Waals surface area contributed by atoms with Crippen molar-refractivity contribution in [3.8, 4) is 0 Å². The summed E-state index contributed by atoms with van der Waals surface area (Å²) in [7, 11) is -3.53. The first-order chi connectivity index (χ1) is 28.2. The molecule has 0 saturated heterocycles. The Labute approximate surface area is 357 Å². The predicted molar refractivity (Wildman–Crippen MR) is 240 cm³/mol. The van der Waals surface area contributed by atoms with Crippen LogP contribution in [0.15, 0.2) is 92.0 Å². The van der Waals surface area contributed by atoms with Gasteiger partial charge in [0.05, 0.1) is 23.8 Å². The number of nitrogens with two attached hydrogens (primary N) is 1. The fourth-order valence-corrected chi connectivity index (χ4v) is 10.5. The topological polar surface area (TPSA) is 166 Å². The number of nitrogens with one attached hydrogen (secondary N) is 3. The molecule has 0 unspecified atom stereocenters. The molecular weight excluding hydrogens is 776 g/mol. The molecule has 0 heterocycles. The highest BCUT2D eigenvalue weighted by Crippen LogP contribution is 2.57. The normalized spacial score (nSPS) is 15.9. The summed E-state index contributed by atoms with van der Waals surface area (Å²) in [5.74, 6) is -2.33. The fourth-order valence-electron chi connectivity index (χ4n) is 8.01. The van der Waals surface area contributed by atoms with Crippen molar-refractivity contribution in [3.63, 3.8) is 0 Å². The molecule has 1 fully saturated rings. The Balaban J connectivity index is 1.46. The van der Waals surface area contributed by atoms with E-state index in [9.17, 15) is 23.7 Å². The second-order valence-electron chi connectivity index (χ2n) is 18.2. The van der Waals surface area contributed by atoms with Crippen molar-refractivity contribution < 1.29 is 32.8 Å². The van der Waals surface area contributed by atoms with Crippen molar-refractivity contribution in [1.29, 1.82) is 0 Å². The molecule has 0 bridgehead atoms. The number of benzene rings is 3. The number of carbonyl (C=O) groups is 4. The highest BCUT2D eigenvalue weighted by Gasteiger charge is 2.43. The van der Waals surface area contributed by atoms with Crippen LogP contribution in [0.4, 0.5) is 0 Å². The van der Waals surface area contributed by atoms with E-state index in [0.717, 1.165) is 33.9 Å². The number of amides is 4. The molecule has 1 saturated carbocycles. The SMILES string of the molecule is C=CC[C@H](CNC(=O)[C@H](CC(N)=O)NC(=O)C1(NC(=O)C[C@H](CC=C)c2ccc(CP(=O)(OC(C)(C)C)OC(C)(C)C)cc2)CCCCC1)Cc1cccc2ccccc12. The second kappa shape index (κ2) is 21.3. The Hall–Kier alpha value is -4.57. The lowest BCUT2D eigenvalue weighted by Gasteiger charge is -2.38. The molecule has 0 aliphatic heterocycles. The lowest BCUT2D eigenvalue weighted by atomic mass is 9.80. The second-order valence-corrected chi connectivity index (χ2v) is 20.1. The summed E-state index contributed by atoms with van der Waals surface area (Å²) >= 11 is 0. The Morgan fingerprint density at radius 1 is 0.833 bits per heavy atom. The number of carbonyl (C=O) groups excluding carboxylic acids is 4. The van der Waals surface area contributed by atoms with Gasteiger partial charge in [-0.05, 0) is 113 Å². The van der Waals surface area contributed by atoms with Crippen LogP contribution in [0.5, 0.6) is 0 Å². The maximum Gasteiger partial charge on any atom is 0.336 e. The number of hydrogen-bond donors (Lipinski definition) is 4. The molecule has 11 nitrogen and oxygen atoms in total. The molecule has 4 rings (SSSR count). The molecule has 3 atom stereocenters. The lowest BCUT2D eigenvalue weighted by molar-refractivity contribution is -0.138. The van der Waals surface area contributed by atoms with Gasteiger partial charge in [0.2, 0.25) is 23.6 Å². The summed E-state index contributed by atoms with van der Waals surface area (Å²) in [5, 5.41) is 11.1. The van der Waals surface area contributed by atoms with Crippen LogP contribution in [0.3, 0.4) is 0 Å². The summed E-state index contributed by atoms with van der Waals surface area (Å²) in [6, 6.07) is 20.7. The van der Waals surface area contributed by atoms with Crippen molar-refractivity contribution >= 4 is 42.0 Å². The first-order valence-corrected chi connectivity index (χ1v) is 22.9. The Kier molecular flexibility index (Phi) is 17.1. The van der Waals surface area contributed by atoms with E-state index in [1.807, 2.05) is 90.1 Å². The molecule has 3 aromatic rings. The van der Waals surface area contributed by atoms with Gasteiger partial charge >= 0.3 is 7.60 Å². The molecule has 60 heavy (non-hydrogen) atoms. The van der Waals surface area contributed by atoms with Gasteiger partial charge in [-0.1, -0.05) is 98.1 Å². The Morgan fingerprint density at radius 3 is 2.05 bits per heavy atom. The van der Waals surface area contributed by atoms with Crippen LogP contribution in [-0.4, -0.2) is 53.0 Å². The number of primary amides is 1. The molecule has 326 valence electrons. The van der Waals surface area contributed by atoms with E-state index < -0.39 is 54.5 Å². The third-order valence-electron chi connectivity index (χ3n) is 10.5. The lowest BCUT2D eigenvalue weighted by Crippen LogP contribution is -2.63. The van der Waals surface area contributed by atoms with Crippen LogP contribution in [0, 0.1) is 5.92 Å². The number of fused-ring (bicyclic) bond motifs is 1.